The van der Waals surface area contributed by atoms with Gasteiger partial charge in [-0.05, 0) is 43.2 Å². The molecule has 1 aromatic heterocycles. The highest BCUT2D eigenvalue weighted by Crippen LogP contribution is 2.25. The molecule has 0 saturated carbocycles. The van der Waals surface area contributed by atoms with Gasteiger partial charge < -0.3 is 10.2 Å². The average molecular weight is 413 g/mol. The van der Waals surface area contributed by atoms with Crippen LogP contribution in [0.25, 0.3) is 0 Å². The Kier molecular flexibility index (Phi) is 5.40. The number of aromatic nitrogens is 1. The first-order valence-electron chi connectivity index (χ1n) is 9.66. The number of pyridine rings is 1. The van der Waals surface area contributed by atoms with E-state index in [1.807, 2.05) is 4.90 Å². The predicted octanol–water partition coefficient (Wildman–Crippen LogP) is 2.02. The highest BCUT2D eigenvalue weighted by atomic mass is 19.1. The molecule has 1 N–H and O–H groups in total. The number of nitrogens with zero attached hydrogens (tertiary/aromatic N) is 4. The van der Waals surface area contributed by atoms with Crippen LogP contribution in [0.5, 0.6) is 0 Å². The normalized spacial score (nSPS) is 20.1. The second-order valence-electron chi connectivity index (χ2n) is 7.36. The van der Waals surface area contributed by atoms with Crippen molar-refractivity contribution in [2.24, 2.45) is 0 Å². The SMILES string of the molecule is O=C1C[C@@H](NC2CCN(c3ccc([N+](=O)[O-])cn3)CC2)C(=O)N1c1ccc(F)cc1. The summed E-state index contributed by atoms with van der Waals surface area (Å²) in [6.45, 7) is 1.36. The third-order valence-corrected chi connectivity index (χ3v) is 5.43. The zero-order valence-corrected chi connectivity index (χ0v) is 16.0. The summed E-state index contributed by atoms with van der Waals surface area (Å²) in [6.07, 6.45) is 2.80. The van der Waals surface area contributed by atoms with E-state index in [4.69, 9.17) is 0 Å². The predicted molar refractivity (Wildman–Crippen MR) is 107 cm³/mol. The Labute approximate surface area is 171 Å². The Bertz CT molecular complexity index is 958. The summed E-state index contributed by atoms with van der Waals surface area (Å²) in [5, 5.41) is 14.0. The third kappa shape index (κ3) is 3.99. The van der Waals surface area contributed by atoms with Crippen molar-refractivity contribution in [1.82, 2.24) is 10.3 Å². The van der Waals surface area contributed by atoms with Crippen LogP contribution >= 0.6 is 0 Å². The fourth-order valence-corrected chi connectivity index (χ4v) is 3.86. The van der Waals surface area contributed by atoms with Gasteiger partial charge in [0.15, 0.2) is 0 Å². The highest BCUT2D eigenvalue weighted by Gasteiger charge is 2.40. The molecule has 30 heavy (non-hydrogen) atoms. The second-order valence-corrected chi connectivity index (χ2v) is 7.36. The molecule has 2 amide bonds. The van der Waals surface area contributed by atoms with E-state index < -0.39 is 16.8 Å². The number of benzene rings is 1. The molecule has 2 saturated heterocycles. The van der Waals surface area contributed by atoms with Gasteiger partial charge in [-0.25, -0.2) is 14.3 Å². The van der Waals surface area contributed by atoms with Crippen molar-refractivity contribution in [2.75, 3.05) is 22.9 Å². The van der Waals surface area contributed by atoms with Crippen LogP contribution in [0.4, 0.5) is 21.6 Å². The van der Waals surface area contributed by atoms with E-state index in [-0.39, 0.29) is 30.0 Å². The van der Waals surface area contributed by atoms with E-state index in [1.54, 1.807) is 6.07 Å². The first-order chi connectivity index (χ1) is 14.4. The summed E-state index contributed by atoms with van der Waals surface area (Å²) < 4.78 is 13.1. The van der Waals surface area contributed by atoms with Gasteiger partial charge >= 0.3 is 0 Å². The molecule has 2 aromatic rings. The summed E-state index contributed by atoms with van der Waals surface area (Å²) in [5.41, 5.74) is 0.320. The van der Waals surface area contributed by atoms with Gasteiger partial charge in [0.25, 0.3) is 11.6 Å². The molecule has 0 bridgehead atoms. The molecule has 4 rings (SSSR count). The zero-order valence-electron chi connectivity index (χ0n) is 16.0. The Morgan fingerprint density at radius 3 is 2.40 bits per heavy atom. The molecular weight excluding hydrogens is 393 g/mol. The number of nitrogens with one attached hydrogen (secondary N) is 1. The molecule has 3 heterocycles. The lowest BCUT2D eigenvalue weighted by Crippen LogP contribution is -2.49. The molecule has 0 radical (unpaired) electrons. The van der Waals surface area contributed by atoms with Crippen molar-refractivity contribution in [3.05, 3.63) is 58.5 Å². The highest BCUT2D eigenvalue weighted by molar-refractivity contribution is 6.22. The first-order valence-corrected chi connectivity index (χ1v) is 9.66. The standard InChI is InChI=1S/C20H20FN5O4/c21-13-1-3-15(4-2-13)25-19(27)11-17(20(25)28)23-14-7-9-24(10-8-14)18-6-5-16(12-22-18)26(29)30/h1-6,12,14,17,23H,7-11H2/t17-/m1/s1. The molecule has 156 valence electrons. The fraction of sp³-hybridized carbons (Fsp3) is 0.350. The van der Waals surface area contributed by atoms with Crippen molar-refractivity contribution in [2.45, 2.75) is 31.3 Å². The lowest BCUT2D eigenvalue weighted by Gasteiger charge is -2.34. The van der Waals surface area contributed by atoms with Crippen LogP contribution in [-0.4, -0.2) is 46.9 Å². The number of carbonyl (C=O) groups excluding carboxylic acids is 2. The number of nitro groups is 1. The average Bonchev–Trinajstić information content (AvgIpc) is 3.02. The van der Waals surface area contributed by atoms with Gasteiger partial charge in [0.2, 0.25) is 5.91 Å². The van der Waals surface area contributed by atoms with E-state index in [2.05, 4.69) is 10.3 Å². The van der Waals surface area contributed by atoms with Gasteiger partial charge in [-0.3, -0.25) is 19.7 Å². The molecule has 2 aliphatic heterocycles. The number of amides is 2. The largest absolute Gasteiger partial charge is 0.356 e. The second kappa shape index (κ2) is 8.15. The monoisotopic (exact) mass is 413 g/mol. The van der Waals surface area contributed by atoms with Crippen molar-refractivity contribution in [3.8, 4) is 0 Å². The van der Waals surface area contributed by atoms with Crippen LogP contribution in [0.15, 0.2) is 42.6 Å². The fourth-order valence-electron chi connectivity index (χ4n) is 3.86. The lowest BCUT2D eigenvalue weighted by atomic mass is 10.0. The van der Waals surface area contributed by atoms with Crippen molar-refractivity contribution in [1.29, 1.82) is 0 Å². The maximum atomic E-state index is 13.1. The van der Waals surface area contributed by atoms with Crippen molar-refractivity contribution in [3.63, 3.8) is 0 Å². The quantitative estimate of drug-likeness (QED) is 0.454. The molecule has 2 aliphatic rings. The van der Waals surface area contributed by atoms with Gasteiger partial charge in [-0.1, -0.05) is 0 Å². The van der Waals surface area contributed by atoms with E-state index in [0.717, 1.165) is 17.7 Å². The van der Waals surface area contributed by atoms with Crippen LogP contribution in [0, 0.1) is 15.9 Å². The maximum absolute atomic E-state index is 13.1. The number of piperidine rings is 1. The van der Waals surface area contributed by atoms with Gasteiger partial charge in [0.05, 0.1) is 23.1 Å². The summed E-state index contributed by atoms with van der Waals surface area (Å²) in [6, 6.07) is 7.81. The molecule has 1 aromatic carbocycles. The summed E-state index contributed by atoms with van der Waals surface area (Å²) in [7, 11) is 0. The minimum atomic E-state index is -0.600. The molecule has 10 heteroatoms. The number of halogens is 1. The van der Waals surface area contributed by atoms with Crippen LogP contribution < -0.4 is 15.1 Å². The Balaban J connectivity index is 1.34. The number of carbonyl (C=O) groups is 2. The van der Waals surface area contributed by atoms with Gasteiger partial charge in [0.1, 0.15) is 17.8 Å². The smallest absolute Gasteiger partial charge is 0.287 e. The Hall–Kier alpha value is -3.40. The Morgan fingerprint density at radius 1 is 1.10 bits per heavy atom. The topological polar surface area (TPSA) is 109 Å². The van der Waals surface area contributed by atoms with Crippen LogP contribution in [-0.2, 0) is 9.59 Å². The minimum absolute atomic E-state index is 0.0505. The number of rotatable bonds is 5. The molecule has 0 spiro atoms. The number of anilines is 2. The molecule has 1 atom stereocenters. The molecule has 0 aliphatic carbocycles. The lowest BCUT2D eigenvalue weighted by molar-refractivity contribution is -0.385. The number of imide groups is 1. The molecule has 2 fully saturated rings. The molecule has 9 nitrogen and oxygen atoms in total. The zero-order chi connectivity index (χ0) is 21.3. The van der Waals surface area contributed by atoms with E-state index >= 15 is 0 Å². The van der Waals surface area contributed by atoms with Gasteiger partial charge in [-0.2, -0.15) is 0 Å². The maximum Gasteiger partial charge on any atom is 0.287 e. The number of hydrogen-bond acceptors (Lipinski definition) is 7. The van der Waals surface area contributed by atoms with Crippen LogP contribution in [0.3, 0.4) is 0 Å². The van der Waals surface area contributed by atoms with Crippen LogP contribution in [0.2, 0.25) is 0 Å². The van der Waals surface area contributed by atoms with E-state index in [9.17, 15) is 24.1 Å². The van der Waals surface area contributed by atoms with E-state index in [1.165, 1.54) is 36.5 Å². The first kappa shape index (κ1) is 19.9. The van der Waals surface area contributed by atoms with Gasteiger partial charge in [-0.15, -0.1) is 0 Å². The van der Waals surface area contributed by atoms with E-state index in [0.29, 0.717) is 24.6 Å². The number of hydrogen-bond donors (Lipinski definition) is 1. The van der Waals surface area contributed by atoms with Gasteiger partial charge in [0, 0.05) is 25.2 Å². The molecular formula is C20H20FN5O4. The molecule has 0 unspecified atom stereocenters. The summed E-state index contributed by atoms with van der Waals surface area (Å²) in [5.74, 6) is -0.391. The van der Waals surface area contributed by atoms with Crippen molar-refractivity contribution < 1.29 is 18.9 Å². The summed E-state index contributed by atoms with van der Waals surface area (Å²) >= 11 is 0. The Morgan fingerprint density at radius 2 is 1.80 bits per heavy atom. The summed E-state index contributed by atoms with van der Waals surface area (Å²) in [4.78, 5) is 42.6. The van der Waals surface area contributed by atoms with Crippen molar-refractivity contribution >= 4 is 29.0 Å². The van der Waals surface area contributed by atoms with Crippen LogP contribution in [0.1, 0.15) is 19.3 Å². The third-order valence-electron chi connectivity index (χ3n) is 5.43. The minimum Gasteiger partial charge on any atom is -0.356 e.